The molecule has 1 saturated heterocycles. The zero-order chi connectivity index (χ0) is 10.1. The molecule has 0 bridgehead atoms. The first-order valence-electron chi connectivity index (χ1n) is 5.32. The van der Waals surface area contributed by atoms with Gasteiger partial charge >= 0.3 is 0 Å². The summed E-state index contributed by atoms with van der Waals surface area (Å²) in [5.74, 6) is 3.50. The molecular formula is C12H23N. The predicted molar refractivity (Wildman–Crippen MR) is 59.6 cm³/mol. The number of hydrogen-bond acceptors (Lipinski definition) is 1. The second-order valence-electron chi connectivity index (χ2n) is 4.27. The minimum absolute atomic E-state index is 0.833. The predicted octanol–water partition coefficient (Wildman–Crippen LogP) is 2.77. The normalized spacial score (nSPS) is 17.5. The van der Waals surface area contributed by atoms with Crippen LogP contribution in [0.2, 0.25) is 0 Å². The number of terminal acetylenes is 1. The molecule has 0 unspecified atom stereocenters. The number of likely N-dealkylation sites (tertiary alicyclic amines) is 1. The highest BCUT2D eigenvalue weighted by molar-refractivity contribution is 4.88. The summed E-state index contributed by atoms with van der Waals surface area (Å²) in [6.07, 6.45) is 9.23. The maximum Gasteiger partial charge on any atom is 0.0598 e. The molecule has 0 saturated carbocycles. The molecule has 0 atom stereocenters. The van der Waals surface area contributed by atoms with Crippen molar-refractivity contribution in [3.63, 3.8) is 0 Å². The zero-order valence-corrected chi connectivity index (χ0v) is 9.34. The molecule has 0 N–H and O–H groups in total. The van der Waals surface area contributed by atoms with Gasteiger partial charge < -0.3 is 0 Å². The van der Waals surface area contributed by atoms with E-state index in [1.165, 1.54) is 32.4 Å². The molecule has 1 aliphatic rings. The van der Waals surface area contributed by atoms with E-state index >= 15 is 0 Å². The number of nitrogens with zero attached hydrogens (tertiary/aromatic N) is 1. The first-order chi connectivity index (χ1) is 6.16. The molecule has 0 aromatic rings. The lowest BCUT2D eigenvalue weighted by molar-refractivity contribution is 0.255. The quantitative estimate of drug-likeness (QED) is 0.562. The molecule has 1 heteroatoms. The van der Waals surface area contributed by atoms with Crippen LogP contribution in [0.15, 0.2) is 0 Å². The Kier molecular flexibility index (Phi) is 7.83. The Morgan fingerprint density at radius 1 is 1.15 bits per heavy atom. The first kappa shape index (κ1) is 12.5. The Labute approximate surface area is 83.5 Å². The van der Waals surface area contributed by atoms with Crippen LogP contribution in [0.25, 0.3) is 0 Å². The van der Waals surface area contributed by atoms with Gasteiger partial charge in [0.1, 0.15) is 0 Å². The van der Waals surface area contributed by atoms with Gasteiger partial charge in [0.15, 0.2) is 0 Å². The Hall–Kier alpha value is -0.480. The molecule has 1 nitrogen and oxygen atoms in total. The van der Waals surface area contributed by atoms with Crippen LogP contribution in [0.1, 0.15) is 40.0 Å². The Morgan fingerprint density at radius 3 is 2.00 bits per heavy atom. The van der Waals surface area contributed by atoms with Gasteiger partial charge in [-0.2, -0.15) is 0 Å². The minimum atomic E-state index is 0.833. The van der Waals surface area contributed by atoms with Crippen molar-refractivity contribution in [3.05, 3.63) is 0 Å². The van der Waals surface area contributed by atoms with Gasteiger partial charge in [-0.05, 0) is 31.8 Å². The van der Waals surface area contributed by atoms with Crippen LogP contribution in [-0.4, -0.2) is 24.5 Å². The van der Waals surface area contributed by atoms with Crippen molar-refractivity contribution < 1.29 is 0 Å². The highest BCUT2D eigenvalue weighted by Gasteiger charge is 2.06. The summed E-state index contributed by atoms with van der Waals surface area (Å²) >= 11 is 0. The van der Waals surface area contributed by atoms with E-state index in [2.05, 4.69) is 31.6 Å². The maximum atomic E-state index is 5.17. The molecule has 76 valence electrons. The van der Waals surface area contributed by atoms with Crippen molar-refractivity contribution in [2.45, 2.75) is 40.0 Å². The second kappa shape index (κ2) is 8.13. The smallest absolute Gasteiger partial charge is 0.0598 e. The number of hydrogen-bond donors (Lipinski definition) is 0. The molecule has 0 spiro atoms. The van der Waals surface area contributed by atoms with Crippen LogP contribution in [0.3, 0.4) is 0 Å². The molecule has 1 rings (SSSR count). The first-order valence-corrected chi connectivity index (χ1v) is 5.32. The average molecular weight is 181 g/mol. The molecule has 1 aliphatic heterocycles. The highest BCUT2D eigenvalue weighted by atomic mass is 15.1. The van der Waals surface area contributed by atoms with Gasteiger partial charge in [0.05, 0.1) is 6.54 Å². The molecule has 1 heterocycles. The van der Waals surface area contributed by atoms with Gasteiger partial charge in [0, 0.05) is 0 Å². The zero-order valence-electron chi connectivity index (χ0n) is 9.34. The average Bonchev–Trinajstić information content (AvgIpc) is 2.06. The molecule has 0 aliphatic carbocycles. The summed E-state index contributed by atoms with van der Waals surface area (Å²) in [5, 5.41) is 0. The summed E-state index contributed by atoms with van der Waals surface area (Å²) < 4.78 is 0. The van der Waals surface area contributed by atoms with Crippen molar-refractivity contribution in [2.24, 2.45) is 5.92 Å². The molecule has 0 amide bonds. The number of rotatable bonds is 1. The lowest BCUT2D eigenvalue weighted by atomic mass is 10.1. The molecule has 0 aromatic heterocycles. The number of piperidine rings is 1. The van der Waals surface area contributed by atoms with Crippen molar-refractivity contribution in [1.82, 2.24) is 4.90 Å². The third-order valence-electron chi connectivity index (χ3n) is 1.76. The fourth-order valence-corrected chi connectivity index (χ4v) is 1.25. The van der Waals surface area contributed by atoms with E-state index in [4.69, 9.17) is 6.42 Å². The van der Waals surface area contributed by atoms with Gasteiger partial charge in [-0.3, -0.25) is 4.90 Å². The van der Waals surface area contributed by atoms with Crippen molar-refractivity contribution in [1.29, 1.82) is 0 Å². The van der Waals surface area contributed by atoms with E-state index in [-0.39, 0.29) is 0 Å². The summed E-state index contributed by atoms with van der Waals surface area (Å²) in [5.41, 5.74) is 0. The summed E-state index contributed by atoms with van der Waals surface area (Å²) in [6.45, 7) is 9.77. The molecule has 0 radical (unpaired) electrons. The van der Waals surface area contributed by atoms with Crippen molar-refractivity contribution in [2.75, 3.05) is 19.6 Å². The van der Waals surface area contributed by atoms with Crippen molar-refractivity contribution >= 4 is 0 Å². The summed E-state index contributed by atoms with van der Waals surface area (Å²) in [6, 6.07) is 0. The minimum Gasteiger partial charge on any atom is -0.292 e. The third-order valence-corrected chi connectivity index (χ3v) is 1.76. The Bertz CT molecular complexity index is 135. The van der Waals surface area contributed by atoms with Gasteiger partial charge in [-0.25, -0.2) is 0 Å². The van der Waals surface area contributed by atoms with E-state index in [1.54, 1.807) is 0 Å². The summed E-state index contributed by atoms with van der Waals surface area (Å²) in [7, 11) is 0. The lowest BCUT2D eigenvalue weighted by Gasteiger charge is -2.23. The van der Waals surface area contributed by atoms with Crippen LogP contribution >= 0.6 is 0 Å². The largest absolute Gasteiger partial charge is 0.292 e. The maximum absolute atomic E-state index is 5.17. The third kappa shape index (κ3) is 9.43. The topological polar surface area (TPSA) is 3.24 Å². The van der Waals surface area contributed by atoms with E-state index in [0.29, 0.717) is 0 Å². The highest BCUT2D eigenvalue weighted by Crippen LogP contribution is 2.06. The molecule has 0 aromatic carbocycles. The summed E-state index contributed by atoms with van der Waals surface area (Å²) in [4.78, 5) is 2.34. The van der Waals surface area contributed by atoms with Gasteiger partial charge in [-0.1, -0.05) is 33.1 Å². The van der Waals surface area contributed by atoms with E-state index in [0.717, 1.165) is 12.5 Å². The van der Waals surface area contributed by atoms with E-state index in [1.807, 2.05) is 0 Å². The van der Waals surface area contributed by atoms with Gasteiger partial charge in [-0.15, -0.1) is 6.42 Å². The van der Waals surface area contributed by atoms with Crippen LogP contribution in [0.5, 0.6) is 0 Å². The van der Waals surface area contributed by atoms with Crippen molar-refractivity contribution in [3.8, 4) is 12.3 Å². The molecule has 13 heavy (non-hydrogen) atoms. The SMILES string of the molecule is C#CCN1CCCCC1.CC(C)C. The second-order valence-corrected chi connectivity index (χ2v) is 4.27. The molecule has 1 fully saturated rings. The standard InChI is InChI=1S/C8H13N.C4H10/c1-2-6-9-7-4-3-5-8-9;1-4(2)3/h1H,3-8H2;4H,1-3H3. The van der Waals surface area contributed by atoms with Crippen LogP contribution in [0.4, 0.5) is 0 Å². The van der Waals surface area contributed by atoms with Crippen LogP contribution < -0.4 is 0 Å². The fraction of sp³-hybridized carbons (Fsp3) is 0.833. The molecular weight excluding hydrogens is 158 g/mol. The Balaban J connectivity index is 0.000000310. The van der Waals surface area contributed by atoms with E-state index in [9.17, 15) is 0 Å². The van der Waals surface area contributed by atoms with E-state index < -0.39 is 0 Å². The van der Waals surface area contributed by atoms with Gasteiger partial charge in [0.2, 0.25) is 0 Å². The van der Waals surface area contributed by atoms with Crippen LogP contribution in [0, 0.1) is 18.3 Å². The lowest BCUT2D eigenvalue weighted by Crippen LogP contribution is -2.29. The fourth-order valence-electron chi connectivity index (χ4n) is 1.25. The van der Waals surface area contributed by atoms with Gasteiger partial charge in [0.25, 0.3) is 0 Å². The monoisotopic (exact) mass is 181 g/mol. The Morgan fingerprint density at radius 2 is 1.62 bits per heavy atom. The van der Waals surface area contributed by atoms with Crippen LogP contribution in [-0.2, 0) is 0 Å².